The molecule has 5 heteroatoms. The second-order valence-corrected chi connectivity index (χ2v) is 8.06. The van der Waals surface area contributed by atoms with E-state index >= 15 is 0 Å². The van der Waals surface area contributed by atoms with E-state index < -0.39 is 8.80 Å². The average molecular weight is 303 g/mol. The van der Waals surface area contributed by atoms with Crippen molar-refractivity contribution in [3.63, 3.8) is 0 Å². The molecule has 0 saturated heterocycles. The molecule has 0 unspecified atom stereocenters. The van der Waals surface area contributed by atoms with Gasteiger partial charge in [0.25, 0.3) is 0 Å². The quantitative estimate of drug-likeness (QED) is 0.434. The predicted molar refractivity (Wildman–Crippen MR) is 82.2 cm³/mol. The number of aryl methyl sites for hydroxylation is 1. The third-order valence-electron chi connectivity index (χ3n) is 3.31. The van der Waals surface area contributed by atoms with Gasteiger partial charge in [-0.1, -0.05) is 38.5 Å². The number of hydrogen-bond donors (Lipinski definition) is 3. The molecule has 19 heavy (non-hydrogen) atoms. The van der Waals surface area contributed by atoms with Crippen LogP contribution in [0.25, 0.3) is 0 Å². The van der Waals surface area contributed by atoms with Crippen molar-refractivity contribution in [3.8, 4) is 0 Å². The minimum absolute atomic E-state index is 0.188. The monoisotopic (exact) mass is 302 g/mol. The predicted octanol–water partition coefficient (Wildman–Crippen LogP) is 3.33. The van der Waals surface area contributed by atoms with Gasteiger partial charge in [0.2, 0.25) is 0 Å². The van der Waals surface area contributed by atoms with Gasteiger partial charge in [0.15, 0.2) is 0 Å². The minimum Gasteiger partial charge on any atom is -0.390 e. The van der Waals surface area contributed by atoms with E-state index in [1.54, 1.807) is 11.3 Å². The van der Waals surface area contributed by atoms with E-state index in [0.29, 0.717) is 0 Å². The van der Waals surface area contributed by atoms with Gasteiger partial charge < -0.3 is 14.4 Å². The van der Waals surface area contributed by atoms with Gasteiger partial charge in [-0.2, -0.15) is 11.3 Å². The molecule has 0 fully saturated rings. The zero-order valence-electron chi connectivity index (χ0n) is 11.6. The van der Waals surface area contributed by atoms with Crippen molar-refractivity contribution >= 4 is 20.1 Å². The summed E-state index contributed by atoms with van der Waals surface area (Å²) in [7, 11) is -3.77. The van der Waals surface area contributed by atoms with Crippen molar-refractivity contribution in [1.29, 1.82) is 0 Å². The van der Waals surface area contributed by atoms with E-state index in [9.17, 15) is 0 Å². The normalized spacial score (nSPS) is 11.9. The fraction of sp³-hybridized carbons (Fsp3) is 0.714. The Kier molecular flexibility index (Phi) is 8.57. The first-order valence-corrected chi connectivity index (χ1v) is 10.3. The lowest BCUT2D eigenvalue weighted by atomic mass is 10.1. The molecular formula is C14H26O3SSi. The number of unbranched alkanes of at least 4 members (excludes halogenated alkanes) is 7. The molecule has 0 spiro atoms. The molecule has 3 N–H and O–H groups in total. The zero-order chi connectivity index (χ0) is 14.0. The van der Waals surface area contributed by atoms with E-state index in [1.807, 2.05) is 0 Å². The summed E-state index contributed by atoms with van der Waals surface area (Å²) in [5.74, 6) is 0. The highest BCUT2D eigenvalue weighted by Crippen LogP contribution is 2.14. The highest BCUT2D eigenvalue weighted by molar-refractivity contribution is 7.07. The molecule has 0 radical (unpaired) electrons. The van der Waals surface area contributed by atoms with Crippen LogP contribution >= 0.6 is 11.3 Å². The first kappa shape index (κ1) is 16.9. The van der Waals surface area contributed by atoms with Gasteiger partial charge in [-0.25, -0.2) is 0 Å². The molecule has 1 heterocycles. The topological polar surface area (TPSA) is 60.7 Å². The number of thiophene rings is 1. The summed E-state index contributed by atoms with van der Waals surface area (Å²) in [5.41, 5.74) is 1.47. The van der Waals surface area contributed by atoms with Gasteiger partial charge in [-0.3, -0.25) is 0 Å². The molecule has 3 nitrogen and oxygen atoms in total. The fourth-order valence-corrected chi connectivity index (χ4v) is 3.61. The molecular weight excluding hydrogens is 276 g/mol. The van der Waals surface area contributed by atoms with Gasteiger partial charge in [0.05, 0.1) is 0 Å². The molecule has 1 aromatic rings. The second kappa shape index (κ2) is 9.66. The Labute approximate surface area is 121 Å². The molecule has 0 aromatic carbocycles. The van der Waals surface area contributed by atoms with Gasteiger partial charge >= 0.3 is 8.80 Å². The summed E-state index contributed by atoms with van der Waals surface area (Å²) in [6.07, 6.45) is 10.4. The standard InChI is InChI=1S/C14H26O3SSi/c15-19(16,17)12-8-6-4-2-1-3-5-7-9-14-10-11-18-13-14/h10-11,13,15-17H,1-9,12H2. The van der Waals surface area contributed by atoms with Crippen LogP contribution in [0.2, 0.25) is 6.04 Å². The van der Waals surface area contributed by atoms with Crippen molar-refractivity contribution in [2.75, 3.05) is 0 Å². The van der Waals surface area contributed by atoms with Crippen molar-refractivity contribution < 1.29 is 14.4 Å². The summed E-state index contributed by atoms with van der Waals surface area (Å²) in [4.78, 5) is 26.5. The van der Waals surface area contributed by atoms with Crippen LogP contribution in [0.1, 0.15) is 56.9 Å². The Bertz CT molecular complexity index is 309. The molecule has 0 bridgehead atoms. The third kappa shape index (κ3) is 10.3. The highest BCUT2D eigenvalue weighted by Gasteiger charge is 2.25. The lowest BCUT2D eigenvalue weighted by Crippen LogP contribution is -2.33. The Morgan fingerprint density at radius 3 is 1.95 bits per heavy atom. The summed E-state index contributed by atoms with van der Waals surface area (Å²) in [6, 6.07) is 2.39. The van der Waals surface area contributed by atoms with Crippen LogP contribution in [0.3, 0.4) is 0 Å². The molecule has 0 aliphatic rings. The van der Waals surface area contributed by atoms with E-state index in [-0.39, 0.29) is 6.04 Å². The van der Waals surface area contributed by atoms with Crippen LogP contribution in [-0.2, 0) is 6.42 Å². The van der Waals surface area contributed by atoms with E-state index in [0.717, 1.165) is 19.3 Å². The molecule has 0 amide bonds. The van der Waals surface area contributed by atoms with E-state index in [2.05, 4.69) is 16.8 Å². The van der Waals surface area contributed by atoms with Crippen LogP contribution in [0.4, 0.5) is 0 Å². The molecule has 1 rings (SSSR count). The van der Waals surface area contributed by atoms with Crippen molar-refractivity contribution in [1.82, 2.24) is 0 Å². The molecule has 1 aromatic heterocycles. The number of hydrogen-bond acceptors (Lipinski definition) is 4. The second-order valence-electron chi connectivity index (χ2n) is 5.23. The lowest BCUT2D eigenvalue weighted by Gasteiger charge is -2.08. The Morgan fingerprint density at radius 1 is 0.842 bits per heavy atom. The van der Waals surface area contributed by atoms with Crippen molar-refractivity contribution in [2.45, 2.75) is 63.8 Å². The minimum atomic E-state index is -3.77. The zero-order valence-corrected chi connectivity index (χ0v) is 13.4. The number of rotatable bonds is 11. The largest absolute Gasteiger partial charge is 0.492 e. The summed E-state index contributed by atoms with van der Waals surface area (Å²) in [5, 5.41) is 4.37. The maximum atomic E-state index is 8.85. The molecule has 0 aliphatic carbocycles. The molecule has 0 atom stereocenters. The first-order valence-electron chi connectivity index (χ1n) is 7.26. The van der Waals surface area contributed by atoms with Gasteiger partial charge in [-0.05, 0) is 41.7 Å². The van der Waals surface area contributed by atoms with Gasteiger partial charge in [-0.15, -0.1) is 0 Å². The van der Waals surface area contributed by atoms with Crippen LogP contribution in [0.15, 0.2) is 16.8 Å². The van der Waals surface area contributed by atoms with E-state index in [4.69, 9.17) is 14.4 Å². The third-order valence-corrected chi connectivity index (χ3v) is 5.06. The smallest absolute Gasteiger partial charge is 0.390 e. The lowest BCUT2D eigenvalue weighted by molar-refractivity contribution is 0.226. The molecule has 0 saturated carbocycles. The van der Waals surface area contributed by atoms with Gasteiger partial charge in [0, 0.05) is 6.04 Å². The summed E-state index contributed by atoms with van der Waals surface area (Å²) < 4.78 is 0. The van der Waals surface area contributed by atoms with Gasteiger partial charge in [0.1, 0.15) is 0 Å². The summed E-state index contributed by atoms with van der Waals surface area (Å²) in [6.45, 7) is 0. The first-order chi connectivity index (χ1) is 9.08. The summed E-state index contributed by atoms with van der Waals surface area (Å²) >= 11 is 1.77. The van der Waals surface area contributed by atoms with Crippen molar-refractivity contribution in [3.05, 3.63) is 22.4 Å². The van der Waals surface area contributed by atoms with E-state index in [1.165, 1.54) is 44.1 Å². The van der Waals surface area contributed by atoms with Crippen LogP contribution in [0.5, 0.6) is 0 Å². The highest BCUT2D eigenvalue weighted by atomic mass is 32.1. The molecule has 0 aliphatic heterocycles. The Balaban J connectivity index is 1.79. The van der Waals surface area contributed by atoms with Crippen LogP contribution in [-0.4, -0.2) is 23.2 Å². The average Bonchev–Trinajstić information content (AvgIpc) is 2.83. The maximum Gasteiger partial charge on any atom is 0.492 e. The van der Waals surface area contributed by atoms with Crippen LogP contribution in [0, 0.1) is 0 Å². The fourth-order valence-electron chi connectivity index (χ4n) is 2.19. The van der Waals surface area contributed by atoms with Crippen LogP contribution < -0.4 is 0 Å². The maximum absolute atomic E-state index is 8.85. The SMILES string of the molecule is O[Si](O)(O)CCCCCCCCCCc1ccsc1. The Hall–Kier alpha value is -0.203. The Morgan fingerprint density at radius 2 is 1.42 bits per heavy atom. The molecule has 110 valence electrons. The van der Waals surface area contributed by atoms with Crippen molar-refractivity contribution in [2.24, 2.45) is 0 Å².